The standard InChI is InChI=1S/C10H20N6OS2/c18-9-11-5-15(6-12-9)1-3-17-4-2-16-7-13-10(19)14-8-16/h1-8H2,(H2,11,12,18)(H2,13,14,19). The van der Waals surface area contributed by atoms with Crippen molar-refractivity contribution in [2.24, 2.45) is 0 Å². The van der Waals surface area contributed by atoms with E-state index in [4.69, 9.17) is 29.2 Å². The van der Waals surface area contributed by atoms with Crippen LogP contribution in [0.15, 0.2) is 0 Å². The number of ether oxygens (including phenoxy) is 1. The van der Waals surface area contributed by atoms with E-state index >= 15 is 0 Å². The monoisotopic (exact) mass is 304 g/mol. The van der Waals surface area contributed by atoms with Crippen molar-refractivity contribution in [3.63, 3.8) is 0 Å². The minimum absolute atomic E-state index is 0.722. The highest BCUT2D eigenvalue weighted by Crippen LogP contribution is 1.92. The molecule has 0 amide bonds. The number of thiocarbonyl (C=S) groups is 2. The van der Waals surface area contributed by atoms with Crippen LogP contribution in [0.2, 0.25) is 0 Å². The zero-order valence-electron chi connectivity index (χ0n) is 10.8. The quantitative estimate of drug-likeness (QED) is 0.343. The Kier molecular flexibility index (Phi) is 5.98. The summed E-state index contributed by atoms with van der Waals surface area (Å²) >= 11 is 9.97. The summed E-state index contributed by atoms with van der Waals surface area (Å²) in [7, 11) is 0. The smallest absolute Gasteiger partial charge is 0.168 e. The van der Waals surface area contributed by atoms with Gasteiger partial charge in [-0.3, -0.25) is 9.80 Å². The second-order valence-electron chi connectivity index (χ2n) is 4.40. The van der Waals surface area contributed by atoms with Crippen LogP contribution in [-0.2, 0) is 4.74 Å². The van der Waals surface area contributed by atoms with Gasteiger partial charge >= 0.3 is 0 Å². The van der Waals surface area contributed by atoms with Crippen molar-refractivity contribution in [3.8, 4) is 0 Å². The fraction of sp³-hybridized carbons (Fsp3) is 0.800. The van der Waals surface area contributed by atoms with Crippen molar-refractivity contribution in [3.05, 3.63) is 0 Å². The Morgan fingerprint density at radius 1 is 0.789 bits per heavy atom. The van der Waals surface area contributed by atoms with Gasteiger partial charge < -0.3 is 26.0 Å². The summed E-state index contributed by atoms with van der Waals surface area (Å²) in [5.74, 6) is 0. The Balaban J connectivity index is 1.46. The molecule has 0 bridgehead atoms. The van der Waals surface area contributed by atoms with Crippen LogP contribution in [0.4, 0.5) is 0 Å². The van der Waals surface area contributed by atoms with E-state index in [0.717, 1.165) is 63.2 Å². The Bertz CT molecular complexity index is 279. The highest BCUT2D eigenvalue weighted by Gasteiger charge is 2.12. The molecule has 2 fully saturated rings. The number of nitrogens with zero attached hydrogens (tertiary/aromatic N) is 2. The number of hydrogen-bond acceptors (Lipinski definition) is 5. The average molecular weight is 304 g/mol. The average Bonchev–Trinajstić information content (AvgIpc) is 2.43. The molecule has 0 aromatic carbocycles. The fourth-order valence-corrected chi connectivity index (χ4v) is 2.04. The molecule has 0 spiro atoms. The van der Waals surface area contributed by atoms with Crippen molar-refractivity contribution in [2.45, 2.75) is 0 Å². The van der Waals surface area contributed by atoms with Gasteiger partial charge in [-0.15, -0.1) is 0 Å². The van der Waals surface area contributed by atoms with Gasteiger partial charge in [0, 0.05) is 13.1 Å². The highest BCUT2D eigenvalue weighted by atomic mass is 32.1. The second kappa shape index (κ2) is 7.75. The number of nitrogens with one attached hydrogen (secondary N) is 4. The Morgan fingerprint density at radius 2 is 1.16 bits per heavy atom. The molecule has 0 radical (unpaired) electrons. The molecule has 19 heavy (non-hydrogen) atoms. The van der Waals surface area contributed by atoms with Crippen LogP contribution in [0.25, 0.3) is 0 Å². The molecule has 2 aliphatic heterocycles. The maximum atomic E-state index is 5.63. The van der Waals surface area contributed by atoms with Crippen LogP contribution in [0.1, 0.15) is 0 Å². The molecule has 0 aliphatic carbocycles. The Labute approximate surface area is 124 Å². The van der Waals surface area contributed by atoms with Gasteiger partial charge in [0.05, 0.1) is 39.9 Å². The van der Waals surface area contributed by atoms with Crippen molar-refractivity contribution in [1.29, 1.82) is 0 Å². The third-order valence-corrected chi connectivity index (χ3v) is 3.53. The lowest BCUT2D eigenvalue weighted by atomic mass is 10.5. The van der Waals surface area contributed by atoms with Crippen LogP contribution in [0.5, 0.6) is 0 Å². The minimum Gasteiger partial charge on any atom is -0.379 e. The van der Waals surface area contributed by atoms with E-state index in [2.05, 4.69) is 31.1 Å². The summed E-state index contributed by atoms with van der Waals surface area (Å²) in [5, 5.41) is 13.8. The zero-order valence-corrected chi connectivity index (χ0v) is 12.4. The first-order valence-corrected chi connectivity index (χ1v) is 7.11. The summed E-state index contributed by atoms with van der Waals surface area (Å²) in [6.45, 7) is 6.37. The molecule has 2 rings (SSSR count). The third kappa shape index (κ3) is 5.41. The molecule has 9 heteroatoms. The lowest BCUT2D eigenvalue weighted by Crippen LogP contribution is -2.55. The van der Waals surface area contributed by atoms with Gasteiger partial charge in [0.15, 0.2) is 10.2 Å². The molecule has 0 aromatic rings. The number of hydrogen-bond donors (Lipinski definition) is 4. The van der Waals surface area contributed by atoms with E-state index in [1.165, 1.54) is 0 Å². The van der Waals surface area contributed by atoms with Gasteiger partial charge in [0.2, 0.25) is 0 Å². The molecule has 0 aromatic heterocycles. The summed E-state index contributed by atoms with van der Waals surface area (Å²) in [5.41, 5.74) is 0. The van der Waals surface area contributed by atoms with E-state index < -0.39 is 0 Å². The molecular formula is C10H20N6OS2. The fourth-order valence-electron chi connectivity index (χ4n) is 1.78. The van der Waals surface area contributed by atoms with Crippen LogP contribution in [-0.4, -0.2) is 73.0 Å². The van der Waals surface area contributed by atoms with Crippen LogP contribution in [0, 0.1) is 0 Å². The topological polar surface area (TPSA) is 63.8 Å². The van der Waals surface area contributed by atoms with Crippen LogP contribution < -0.4 is 21.3 Å². The summed E-state index contributed by atoms with van der Waals surface area (Å²) in [6, 6.07) is 0. The van der Waals surface area contributed by atoms with Gasteiger partial charge in [0.25, 0.3) is 0 Å². The van der Waals surface area contributed by atoms with E-state index in [1.807, 2.05) is 0 Å². The van der Waals surface area contributed by atoms with Crippen LogP contribution >= 0.6 is 24.4 Å². The minimum atomic E-state index is 0.722. The van der Waals surface area contributed by atoms with Gasteiger partial charge in [-0.1, -0.05) is 0 Å². The van der Waals surface area contributed by atoms with Gasteiger partial charge in [-0.25, -0.2) is 0 Å². The van der Waals surface area contributed by atoms with Crippen molar-refractivity contribution in [1.82, 2.24) is 31.1 Å². The third-order valence-electron chi connectivity index (χ3n) is 2.96. The second-order valence-corrected chi connectivity index (χ2v) is 5.22. The molecule has 108 valence electrons. The number of rotatable bonds is 6. The molecule has 7 nitrogen and oxygen atoms in total. The van der Waals surface area contributed by atoms with Gasteiger partial charge in [-0.2, -0.15) is 0 Å². The molecule has 0 atom stereocenters. The first kappa shape index (κ1) is 14.7. The molecule has 0 saturated carbocycles. The summed E-state index contributed by atoms with van der Waals surface area (Å²) in [6.07, 6.45) is 0. The maximum absolute atomic E-state index is 5.63. The Morgan fingerprint density at radius 3 is 1.53 bits per heavy atom. The van der Waals surface area contributed by atoms with Gasteiger partial charge in [-0.05, 0) is 24.4 Å². The highest BCUT2D eigenvalue weighted by molar-refractivity contribution is 7.80. The van der Waals surface area contributed by atoms with E-state index in [-0.39, 0.29) is 0 Å². The zero-order chi connectivity index (χ0) is 13.5. The molecule has 2 heterocycles. The predicted molar refractivity (Wildman–Crippen MR) is 81.4 cm³/mol. The van der Waals surface area contributed by atoms with E-state index in [9.17, 15) is 0 Å². The van der Waals surface area contributed by atoms with Crippen molar-refractivity contribution in [2.75, 3.05) is 53.0 Å². The molecule has 2 saturated heterocycles. The lowest BCUT2D eigenvalue weighted by Gasteiger charge is -2.30. The van der Waals surface area contributed by atoms with E-state index in [1.54, 1.807) is 0 Å². The SMILES string of the molecule is S=C1NCN(CCOCCN2CNC(=S)NC2)CN1. The molecular weight excluding hydrogens is 284 g/mol. The van der Waals surface area contributed by atoms with Crippen molar-refractivity contribution >= 4 is 34.7 Å². The molecule has 0 unspecified atom stereocenters. The Hall–Kier alpha value is -0.740. The first-order valence-electron chi connectivity index (χ1n) is 6.30. The summed E-state index contributed by atoms with van der Waals surface area (Å²) < 4.78 is 5.63. The van der Waals surface area contributed by atoms with Crippen LogP contribution in [0.3, 0.4) is 0 Å². The maximum Gasteiger partial charge on any atom is 0.168 e. The first-order chi connectivity index (χ1) is 9.24. The lowest BCUT2D eigenvalue weighted by molar-refractivity contribution is 0.0761. The van der Waals surface area contributed by atoms with E-state index in [0.29, 0.717) is 0 Å². The molecule has 4 N–H and O–H groups in total. The van der Waals surface area contributed by atoms with Gasteiger partial charge in [0.1, 0.15) is 0 Å². The summed E-state index contributed by atoms with van der Waals surface area (Å²) in [4.78, 5) is 4.41. The normalized spacial score (nSPS) is 21.3. The largest absolute Gasteiger partial charge is 0.379 e. The van der Waals surface area contributed by atoms with Crippen molar-refractivity contribution < 1.29 is 4.74 Å². The molecule has 2 aliphatic rings. The predicted octanol–water partition coefficient (Wildman–Crippen LogP) is -1.61.